The molecule has 1 rings (SSSR count). The quantitative estimate of drug-likeness (QED) is 0.582. The highest BCUT2D eigenvalue weighted by Crippen LogP contribution is 2.04. The smallest absolute Gasteiger partial charge is 0.148 e. The molecule has 0 unspecified atom stereocenters. The average molecular weight is 178 g/mol. The van der Waals surface area contributed by atoms with Crippen LogP contribution in [0.25, 0.3) is 0 Å². The van der Waals surface area contributed by atoms with Gasteiger partial charge in [-0.1, -0.05) is 0 Å². The van der Waals surface area contributed by atoms with Crippen molar-refractivity contribution in [3.05, 3.63) is 0 Å². The Bertz CT molecular complexity index is 219. The Labute approximate surface area is 67.3 Å². The normalized spacial score (nSPS) is 21.6. The Balaban J connectivity index is 2.15. The molecule has 0 bridgehead atoms. The number of hydrogen-bond acceptors (Lipinski definition) is 4. The molecule has 1 heterocycles. The fourth-order valence-electron chi connectivity index (χ4n) is 1.09. The number of sulfone groups is 1. The molecule has 0 saturated carbocycles. The summed E-state index contributed by atoms with van der Waals surface area (Å²) in [5.74, 6) is 0.250. The summed E-state index contributed by atoms with van der Waals surface area (Å²) in [4.78, 5) is 2.05. The summed E-state index contributed by atoms with van der Waals surface area (Å²) >= 11 is 0. The zero-order valence-electron chi connectivity index (χ0n) is 6.66. The number of nitrogens with zero attached hydrogens (tertiary/aromatic N) is 1. The summed E-state index contributed by atoms with van der Waals surface area (Å²) in [7, 11) is -2.80. The van der Waals surface area contributed by atoms with E-state index in [9.17, 15) is 8.42 Å². The first-order chi connectivity index (χ1) is 4.97. The molecule has 1 fully saturated rings. The van der Waals surface area contributed by atoms with Crippen LogP contribution >= 0.6 is 0 Å². The van der Waals surface area contributed by atoms with E-state index in [1.165, 1.54) is 6.26 Å². The first kappa shape index (κ1) is 8.96. The van der Waals surface area contributed by atoms with Gasteiger partial charge < -0.3 is 5.73 Å². The van der Waals surface area contributed by atoms with Gasteiger partial charge in [0.1, 0.15) is 9.84 Å². The van der Waals surface area contributed by atoms with E-state index in [0.29, 0.717) is 6.54 Å². The lowest BCUT2D eigenvalue weighted by Gasteiger charge is -2.36. The Morgan fingerprint density at radius 2 is 2.09 bits per heavy atom. The maximum atomic E-state index is 10.7. The van der Waals surface area contributed by atoms with Crippen LogP contribution in [0, 0.1) is 0 Å². The van der Waals surface area contributed by atoms with Gasteiger partial charge >= 0.3 is 0 Å². The molecule has 0 aromatic carbocycles. The van der Waals surface area contributed by atoms with Gasteiger partial charge in [-0.15, -0.1) is 0 Å². The number of hydrogen-bond donors (Lipinski definition) is 1. The highest BCUT2D eigenvalue weighted by molar-refractivity contribution is 7.90. The number of likely N-dealkylation sites (tertiary alicyclic amines) is 1. The average Bonchev–Trinajstić information content (AvgIpc) is 1.75. The predicted molar refractivity (Wildman–Crippen MR) is 44.1 cm³/mol. The highest BCUT2D eigenvalue weighted by Gasteiger charge is 2.22. The van der Waals surface area contributed by atoms with Crippen molar-refractivity contribution in [2.24, 2.45) is 5.73 Å². The van der Waals surface area contributed by atoms with E-state index >= 15 is 0 Å². The summed E-state index contributed by atoms with van der Waals surface area (Å²) in [6.45, 7) is 2.32. The Hall–Kier alpha value is -0.130. The van der Waals surface area contributed by atoms with Crippen molar-refractivity contribution in [3.8, 4) is 0 Å². The van der Waals surface area contributed by atoms with Crippen LogP contribution in [0.2, 0.25) is 0 Å². The maximum Gasteiger partial charge on any atom is 0.148 e. The van der Waals surface area contributed by atoms with E-state index in [1.807, 2.05) is 4.90 Å². The van der Waals surface area contributed by atoms with Gasteiger partial charge in [-0.2, -0.15) is 0 Å². The molecule has 2 N–H and O–H groups in total. The van der Waals surface area contributed by atoms with Gasteiger partial charge in [0.05, 0.1) is 5.75 Å². The van der Waals surface area contributed by atoms with E-state index in [-0.39, 0.29) is 11.8 Å². The number of rotatable bonds is 3. The summed E-state index contributed by atoms with van der Waals surface area (Å²) in [6.07, 6.45) is 1.26. The molecule has 11 heavy (non-hydrogen) atoms. The van der Waals surface area contributed by atoms with Crippen molar-refractivity contribution >= 4 is 9.84 Å². The molecule has 0 atom stereocenters. The third kappa shape index (κ3) is 3.18. The van der Waals surface area contributed by atoms with Gasteiger partial charge in [0.15, 0.2) is 0 Å². The fourth-order valence-corrected chi connectivity index (χ4v) is 1.68. The van der Waals surface area contributed by atoms with Gasteiger partial charge in [0, 0.05) is 31.9 Å². The van der Waals surface area contributed by atoms with Gasteiger partial charge in [-0.05, 0) is 0 Å². The molecule has 0 spiro atoms. The summed E-state index contributed by atoms with van der Waals surface area (Å²) < 4.78 is 21.4. The van der Waals surface area contributed by atoms with Crippen molar-refractivity contribution < 1.29 is 8.42 Å². The molecule has 1 aliphatic rings. The molecular weight excluding hydrogens is 164 g/mol. The standard InChI is InChI=1S/C6H14N2O2S/c1-11(9,10)3-2-8-4-6(7)5-8/h6H,2-5,7H2,1H3. The molecule has 1 saturated heterocycles. The van der Waals surface area contributed by atoms with Crippen LogP contribution in [0.4, 0.5) is 0 Å². The van der Waals surface area contributed by atoms with Crippen molar-refractivity contribution in [2.45, 2.75) is 6.04 Å². The monoisotopic (exact) mass is 178 g/mol. The molecule has 4 nitrogen and oxygen atoms in total. The Kier molecular flexibility index (Phi) is 2.51. The topological polar surface area (TPSA) is 63.4 Å². The SMILES string of the molecule is CS(=O)(=O)CCN1CC(N)C1. The lowest BCUT2D eigenvalue weighted by Crippen LogP contribution is -2.56. The molecule has 0 amide bonds. The zero-order chi connectivity index (χ0) is 8.48. The van der Waals surface area contributed by atoms with Crippen LogP contribution in [0.5, 0.6) is 0 Å². The second-order valence-corrected chi connectivity index (χ2v) is 5.41. The van der Waals surface area contributed by atoms with E-state index in [0.717, 1.165) is 13.1 Å². The highest BCUT2D eigenvalue weighted by atomic mass is 32.2. The van der Waals surface area contributed by atoms with E-state index in [1.54, 1.807) is 0 Å². The van der Waals surface area contributed by atoms with E-state index < -0.39 is 9.84 Å². The summed E-state index contributed by atoms with van der Waals surface area (Å²) in [6, 6.07) is 0.259. The molecule has 5 heteroatoms. The first-order valence-corrected chi connectivity index (χ1v) is 5.69. The summed E-state index contributed by atoms with van der Waals surface area (Å²) in [5, 5.41) is 0. The van der Waals surface area contributed by atoms with Gasteiger partial charge in [0.2, 0.25) is 0 Å². The molecule has 0 aromatic heterocycles. The third-order valence-corrected chi connectivity index (χ3v) is 2.69. The van der Waals surface area contributed by atoms with Crippen molar-refractivity contribution in [1.29, 1.82) is 0 Å². The third-order valence-electron chi connectivity index (χ3n) is 1.76. The van der Waals surface area contributed by atoms with Crippen molar-refractivity contribution in [1.82, 2.24) is 4.90 Å². The van der Waals surface area contributed by atoms with E-state index in [4.69, 9.17) is 5.73 Å². The van der Waals surface area contributed by atoms with Crippen LogP contribution in [0.15, 0.2) is 0 Å². The van der Waals surface area contributed by atoms with Gasteiger partial charge in [-0.25, -0.2) is 8.42 Å². The second kappa shape index (κ2) is 3.08. The maximum absolute atomic E-state index is 10.7. The minimum atomic E-state index is -2.80. The van der Waals surface area contributed by atoms with Gasteiger partial charge in [-0.3, -0.25) is 4.90 Å². The summed E-state index contributed by atoms with van der Waals surface area (Å²) in [5.41, 5.74) is 5.52. The van der Waals surface area contributed by atoms with E-state index in [2.05, 4.69) is 0 Å². The lowest BCUT2D eigenvalue weighted by molar-refractivity contribution is 0.161. The van der Waals surface area contributed by atoms with Crippen LogP contribution < -0.4 is 5.73 Å². The molecule has 0 aromatic rings. The largest absolute Gasteiger partial charge is 0.325 e. The first-order valence-electron chi connectivity index (χ1n) is 3.63. The lowest BCUT2D eigenvalue weighted by atomic mass is 10.1. The van der Waals surface area contributed by atoms with Crippen LogP contribution in [-0.2, 0) is 9.84 Å². The number of nitrogens with two attached hydrogens (primary N) is 1. The van der Waals surface area contributed by atoms with Crippen LogP contribution in [0.1, 0.15) is 0 Å². The predicted octanol–water partition coefficient (Wildman–Crippen LogP) is -1.33. The molecule has 66 valence electrons. The van der Waals surface area contributed by atoms with Crippen molar-refractivity contribution in [2.75, 3.05) is 31.6 Å². The molecule has 0 radical (unpaired) electrons. The second-order valence-electron chi connectivity index (χ2n) is 3.15. The Morgan fingerprint density at radius 3 is 2.45 bits per heavy atom. The van der Waals surface area contributed by atoms with Crippen LogP contribution in [0.3, 0.4) is 0 Å². The molecular formula is C6H14N2O2S. The minimum absolute atomic E-state index is 0.250. The fraction of sp³-hybridized carbons (Fsp3) is 1.00. The Morgan fingerprint density at radius 1 is 1.55 bits per heavy atom. The van der Waals surface area contributed by atoms with Crippen molar-refractivity contribution in [3.63, 3.8) is 0 Å². The minimum Gasteiger partial charge on any atom is -0.325 e. The van der Waals surface area contributed by atoms with Crippen LogP contribution in [-0.4, -0.2) is 51.0 Å². The molecule has 0 aliphatic carbocycles. The zero-order valence-corrected chi connectivity index (χ0v) is 7.47. The van der Waals surface area contributed by atoms with Gasteiger partial charge in [0.25, 0.3) is 0 Å². The molecule has 1 aliphatic heterocycles.